The molecule has 11 heteroatoms. The summed E-state index contributed by atoms with van der Waals surface area (Å²) >= 11 is 7.58. The van der Waals surface area contributed by atoms with Crippen LogP contribution in [-0.2, 0) is 11.0 Å². The van der Waals surface area contributed by atoms with Crippen LogP contribution in [0.4, 0.5) is 5.69 Å². The van der Waals surface area contributed by atoms with Gasteiger partial charge in [-0.25, -0.2) is 9.97 Å². The van der Waals surface area contributed by atoms with Crippen molar-refractivity contribution in [2.45, 2.75) is 58.5 Å². The Morgan fingerprint density at radius 1 is 1.19 bits per heavy atom. The monoisotopic (exact) mass is 555 g/mol. The van der Waals surface area contributed by atoms with Crippen LogP contribution in [0.25, 0.3) is 21.0 Å². The van der Waals surface area contributed by atoms with Gasteiger partial charge in [0.1, 0.15) is 4.88 Å². The second kappa shape index (κ2) is 9.50. The lowest BCUT2D eigenvalue weighted by Crippen LogP contribution is -2.40. The number of nitrogens with one attached hydrogen (secondary N) is 2. The highest BCUT2D eigenvalue weighted by Crippen LogP contribution is 2.42. The first-order valence-electron chi connectivity index (χ1n) is 12.2. The Labute approximate surface area is 225 Å². The van der Waals surface area contributed by atoms with Crippen molar-refractivity contribution in [3.05, 3.63) is 46.2 Å². The molecule has 0 fully saturated rings. The molecule has 1 amide bonds. The van der Waals surface area contributed by atoms with Crippen molar-refractivity contribution in [1.82, 2.24) is 20.3 Å². The molecule has 0 saturated carbocycles. The molecule has 1 unspecified atom stereocenters. The third kappa shape index (κ3) is 5.03. The maximum absolute atomic E-state index is 12.7. The summed E-state index contributed by atoms with van der Waals surface area (Å²) in [6, 6.07) is 7.75. The van der Waals surface area contributed by atoms with Crippen LogP contribution >= 0.6 is 22.9 Å². The standard InChI is InChI=1S/C26H30ClN5O3SSi/c1-14-11-28-21-20-16-7-10-19(31-17(16)8-9-18(20)36-22(21)23(33)30-14)35-24-15(12-29-25(27)32-24)13-34-37(5,6)26(2,3)4/h7-10,12,14,28H,11,13H2,1-6H3,(H,30,33). The summed E-state index contributed by atoms with van der Waals surface area (Å²) < 4.78 is 13.5. The fraction of sp³-hybridized carbons (Fsp3) is 0.385. The van der Waals surface area contributed by atoms with Crippen molar-refractivity contribution in [2.75, 3.05) is 11.9 Å². The number of aromatic nitrogens is 3. The molecule has 37 heavy (non-hydrogen) atoms. The number of hydrogen-bond donors (Lipinski definition) is 2. The van der Waals surface area contributed by atoms with Gasteiger partial charge < -0.3 is 19.8 Å². The predicted molar refractivity (Wildman–Crippen MR) is 152 cm³/mol. The number of carbonyl (C=O) groups excluding carboxylic acids is 1. The van der Waals surface area contributed by atoms with Crippen LogP contribution in [-0.4, -0.2) is 41.8 Å². The van der Waals surface area contributed by atoms with E-state index >= 15 is 0 Å². The van der Waals surface area contributed by atoms with E-state index in [4.69, 9.17) is 25.7 Å². The molecular weight excluding hydrogens is 526 g/mol. The van der Waals surface area contributed by atoms with Gasteiger partial charge in [-0.05, 0) is 54.9 Å². The normalized spacial score (nSPS) is 16.3. The van der Waals surface area contributed by atoms with Crippen molar-refractivity contribution in [3.8, 4) is 11.8 Å². The summed E-state index contributed by atoms with van der Waals surface area (Å²) in [6.07, 6.45) is 1.64. The Kier molecular flexibility index (Phi) is 6.64. The summed E-state index contributed by atoms with van der Waals surface area (Å²) in [5.74, 6) is 0.655. The summed E-state index contributed by atoms with van der Waals surface area (Å²) in [4.78, 5) is 26.6. The maximum Gasteiger partial charge on any atom is 0.263 e. The number of pyridine rings is 1. The minimum absolute atomic E-state index is 0.0461. The number of amides is 1. The fourth-order valence-electron chi connectivity index (χ4n) is 3.90. The second-order valence-corrected chi connectivity index (χ2v) is 17.0. The van der Waals surface area contributed by atoms with Crippen LogP contribution in [0.1, 0.15) is 42.9 Å². The largest absolute Gasteiger partial charge is 0.420 e. The van der Waals surface area contributed by atoms with E-state index in [1.54, 1.807) is 12.3 Å². The molecule has 0 saturated heterocycles. The zero-order valence-corrected chi connectivity index (χ0v) is 24.3. The van der Waals surface area contributed by atoms with Crippen LogP contribution in [0.5, 0.6) is 11.8 Å². The highest BCUT2D eigenvalue weighted by molar-refractivity contribution is 7.21. The molecule has 2 N–H and O–H groups in total. The van der Waals surface area contributed by atoms with Crippen molar-refractivity contribution in [3.63, 3.8) is 0 Å². The Hall–Kier alpha value is -2.79. The van der Waals surface area contributed by atoms with Crippen molar-refractivity contribution >= 4 is 63.8 Å². The topological polar surface area (TPSA) is 98.3 Å². The average molecular weight is 556 g/mol. The maximum atomic E-state index is 12.7. The third-order valence-corrected chi connectivity index (χ3v) is 12.9. The third-order valence-electron chi connectivity index (χ3n) is 7.06. The molecule has 4 aromatic rings. The molecule has 3 aromatic heterocycles. The SMILES string of the molecule is CC1CNc2c(sc3ccc4nc(Oc5nc(Cl)ncc5CO[Si](C)(C)C(C)(C)C)ccc4c23)C(=O)N1. The van der Waals surface area contributed by atoms with Gasteiger partial charge in [-0.3, -0.25) is 4.79 Å². The van der Waals surface area contributed by atoms with Gasteiger partial charge in [0, 0.05) is 40.3 Å². The number of rotatable bonds is 5. The van der Waals surface area contributed by atoms with Crippen LogP contribution in [0, 0.1) is 0 Å². The van der Waals surface area contributed by atoms with E-state index in [1.165, 1.54) is 11.3 Å². The number of ether oxygens (including phenoxy) is 1. The Balaban J connectivity index is 1.48. The lowest BCUT2D eigenvalue weighted by molar-refractivity contribution is 0.0949. The molecule has 0 radical (unpaired) electrons. The molecule has 0 spiro atoms. The number of nitrogens with zero attached hydrogens (tertiary/aromatic N) is 3. The van der Waals surface area contributed by atoms with E-state index < -0.39 is 8.32 Å². The highest BCUT2D eigenvalue weighted by atomic mass is 35.5. The zero-order chi connectivity index (χ0) is 26.5. The minimum Gasteiger partial charge on any atom is -0.420 e. The number of benzene rings is 1. The summed E-state index contributed by atoms with van der Waals surface area (Å²) in [6.45, 7) is 13.9. The Bertz CT molecular complexity index is 1520. The highest BCUT2D eigenvalue weighted by Gasteiger charge is 2.37. The lowest BCUT2D eigenvalue weighted by Gasteiger charge is -2.36. The lowest BCUT2D eigenvalue weighted by atomic mass is 10.1. The van der Waals surface area contributed by atoms with Crippen molar-refractivity contribution in [1.29, 1.82) is 0 Å². The molecule has 1 aromatic carbocycles. The molecule has 8 nitrogen and oxygen atoms in total. The van der Waals surface area contributed by atoms with E-state index in [-0.39, 0.29) is 22.3 Å². The van der Waals surface area contributed by atoms with Crippen LogP contribution in [0.15, 0.2) is 30.5 Å². The molecule has 5 rings (SSSR count). The molecule has 194 valence electrons. The second-order valence-electron chi connectivity index (χ2n) is 10.8. The van der Waals surface area contributed by atoms with Crippen LogP contribution in [0.2, 0.25) is 23.4 Å². The van der Waals surface area contributed by atoms with Gasteiger partial charge in [-0.15, -0.1) is 11.3 Å². The van der Waals surface area contributed by atoms with E-state index in [0.29, 0.717) is 35.4 Å². The van der Waals surface area contributed by atoms with Crippen LogP contribution < -0.4 is 15.4 Å². The number of halogens is 1. The Morgan fingerprint density at radius 3 is 2.73 bits per heavy atom. The predicted octanol–water partition coefficient (Wildman–Crippen LogP) is 6.75. The first-order chi connectivity index (χ1) is 17.4. The van der Waals surface area contributed by atoms with Gasteiger partial charge >= 0.3 is 0 Å². The fourth-order valence-corrected chi connectivity index (χ4v) is 6.07. The quantitative estimate of drug-likeness (QED) is 0.207. The average Bonchev–Trinajstić information content (AvgIpc) is 3.14. The molecular formula is C26H30ClN5O3SSi. The molecule has 0 aliphatic carbocycles. The van der Waals surface area contributed by atoms with E-state index in [2.05, 4.69) is 54.5 Å². The van der Waals surface area contributed by atoms with Gasteiger partial charge in [0.15, 0.2) is 8.32 Å². The van der Waals surface area contributed by atoms with E-state index in [0.717, 1.165) is 26.7 Å². The van der Waals surface area contributed by atoms with Gasteiger partial charge in [0.05, 0.1) is 23.4 Å². The number of carbonyl (C=O) groups is 1. The summed E-state index contributed by atoms with van der Waals surface area (Å²) in [5, 5.41) is 8.57. The Morgan fingerprint density at radius 2 is 1.97 bits per heavy atom. The summed E-state index contributed by atoms with van der Waals surface area (Å²) in [7, 11) is -1.99. The summed E-state index contributed by atoms with van der Waals surface area (Å²) in [5.41, 5.74) is 2.32. The number of anilines is 1. The van der Waals surface area contributed by atoms with Crippen LogP contribution in [0.3, 0.4) is 0 Å². The first kappa shape index (κ1) is 25.8. The van der Waals surface area contributed by atoms with Gasteiger partial charge in [-0.1, -0.05) is 20.8 Å². The molecule has 1 atom stereocenters. The number of thiophene rings is 1. The first-order valence-corrected chi connectivity index (χ1v) is 16.3. The van der Waals surface area contributed by atoms with E-state index in [1.807, 2.05) is 25.1 Å². The van der Waals surface area contributed by atoms with E-state index in [9.17, 15) is 4.79 Å². The van der Waals surface area contributed by atoms with Gasteiger partial charge in [-0.2, -0.15) is 4.98 Å². The molecule has 1 aliphatic heterocycles. The van der Waals surface area contributed by atoms with Crippen molar-refractivity contribution < 1.29 is 14.0 Å². The molecule has 1 aliphatic rings. The van der Waals surface area contributed by atoms with Gasteiger partial charge in [0.2, 0.25) is 17.0 Å². The molecule has 4 heterocycles. The van der Waals surface area contributed by atoms with Crippen molar-refractivity contribution in [2.24, 2.45) is 0 Å². The smallest absolute Gasteiger partial charge is 0.263 e. The number of hydrogen-bond acceptors (Lipinski definition) is 8. The number of fused-ring (bicyclic) bond motifs is 5. The zero-order valence-electron chi connectivity index (χ0n) is 21.7. The minimum atomic E-state index is -1.99. The molecule has 0 bridgehead atoms. The van der Waals surface area contributed by atoms with Gasteiger partial charge in [0.25, 0.3) is 5.91 Å².